The van der Waals surface area contributed by atoms with Crippen LogP contribution in [0.5, 0.6) is 0 Å². The molecular formula is C19H33N5O2. The number of rotatable bonds is 3. The van der Waals surface area contributed by atoms with Gasteiger partial charge >= 0.3 is 6.03 Å². The minimum absolute atomic E-state index is 0.115. The minimum Gasteiger partial charge on any atom is -0.351 e. The van der Waals surface area contributed by atoms with Crippen LogP contribution < -0.4 is 5.73 Å². The monoisotopic (exact) mass is 363 g/mol. The molecule has 2 N–H and O–H groups in total. The molecule has 2 fully saturated rings. The van der Waals surface area contributed by atoms with E-state index in [9.17, 15) is 4.79 Å². The fourth-order valence-electron chi connectivity index (χ4n) is 4.22. The first kappa shape index (κ1) is 19.1. The van der Waals surface area contributed by atoms with Crippen molar-refractivity contribution in [3.05, 3.63) is 11.7 Å². The van der Waals surface area contributed by atoms with E-state index in [0.717, 1.165) is 57.7 Å². The fraction of sp³-hybridized carbons (Fsp3) is 0.842. The van der Waals surface area contributed by atoms with Crippen molar-refractivity contribution >= 4 is 6.03 Å². The van der Waals surface area contributed by atoms with Gasteiger partial charge in [0.1, 0.15) is 0 Å². The zero-order valence-corrected chi connectivity index (χ0v) is 16.4. The summed E-state index contributed by atoms with van der Waals surface area (Å²) < 4.78 is 5.40. The van der Waals surface area contributed by atoms with E-state index in [0.29, 0.717) is 17.9 Å². The van der Waals surface area contributed by atoms with Gasteiger partial charge in [0.15, 0.2) is 5.82 Å². The predicted octanol–water partition coefficient (Wildman–Crippen LogP) is 2.90. The number of primary amides is 1. The molecule has 7 heteroatoms. The largest absolute Gasteiger partial charge is 0.351 e. The maximum Gasteiger partial charge on any atom is 0.315 e. The maximum absolute atomic E-state index is 11.9. The van der Waals surface area contributed by atoms with Crippen molar-refractivity contribution in [2.75, 3.05) is 19.6 Å². The molecule has 1 aromatic heterocycles. The lowest BCUT2D eigenvalue weighted by atomic mass is 9.86. The molecule has 0 aliphatic carbocycles. The van der Waals surface area contributed by atoms with Crippen LogP contribution in [-0.4, -0.2) is 51.6 Å². The average Bonchev–Trinajstić information content (AvgIpc) is 2.91. The van der Waals surface area contributed by atoms with Gasteiger partial charge in [0.2, 0.25) is 5.89 Å². The Morgan fingerprint density at radius 3 is 2.50 bits per heavy atom. The summed E-state index contributed by atoms with van der Waals surface area (Å²) in [5.74, 6) is 2.01. The second-order valence-corrected chi connectivity index (χ2v) is 8.83. The van der Waals surface area contributed by atoms with Crippen molar-refractivity contribution in [3.8, 4) is 0 Å². The Labute approximate surface area is 156 Å². The average molecular weight is 364 g/mol. The molecule has 2 saturated heterocycles. The molecule has 3 rings (SSSR count). The summed E-state index contributed by atoms with van der Waals surface area (Å²) in [5, 5.41) is 4.14. The molecule has 2 aliphatic rings. The van der Waals surface area contributed by atoms with Crippen LogP contribution in [0.25, 0.3) is 0 Å². The molecule has 0 aromatic carbocycles. The van der Waals surface area contributed by atoms with Crippen LogP contribution in [0, 0.1) is 5.92 Å². The van der Waals surface area contributed by atoms with E-state index >= 15 is 0 Å². The molecule has 0 bridgehead atoms. The number of hydrogen-bond acceptors (Lipinski definition) is 5. The van der Waals surface area contributed by atoms with Gasteiger partial charge < -0.3 is 15.2 Å². The smallest absolute Gasteiger partial charge is 0.315 e. The summed E-state index contributed by atoms with van der Waals surface area (Å²) in [5.41, 5.74) is 5.54. The summed E-state index contributed by atoms with van der Waals surface area (Å²) >= 11 is 0. The quantitative estimate of drug-likeness (QED) is 0.892. The molecule has 146 valence electrons. The molecule has 1 aromatic rings. The van der Waals surface area contributed by atoms with Crippen LogP contribution in [0.2, 0.25) is 0 Å². The molecule has 2 aliphatic heterocycles. The highest BCUT2D eigenvalue weighted by Crippen LogP contribution is 2.30. The number of carbonyl (C=O) groups is 1. The minimum atomic E-state index is -0.249. The van der Waals surface area contributed by atoms with E-state index in [-0.39, 0.29) is 11.4 Å². The summed E-state index contributed by atoms with van der Waals surface area (Å²) in [6.07, 6.45) is 6.76. The summed E-state index contributed by atoms with van der Waals surface area (Å²) in [6.45, 7) is 9.79. The molecule has 7 nitrogen and oxygen atoms in total. The molecular weight excluding hydrogens is 330 g/mol. The van der Waals surface area contributed by atoms with Crippen LogP contribution in [0.1, 0.15) is 71.0 Å². The molecule has 3 heterocycles. The van der Waals surface area contributed by atoms with Crippen molar-refractivity contribution in [2.45, 2.75) is 77.3 Å². The van der Waals surface area contributed by atoms with E-state index in [1.807, 2.05) is 4.90 Å². The van der Waals surface area contributed by atoms with E-state index < -0.39 is 0 Å². The molecule has 1 atom stereocenters. The topological polar surface area (TPSA) is 88.5 Å². The third kappa shape index (κ3) is 4.55. The number of hydrogen-bond donors (Lipinski definition) is 1. The van der Waals surface area contributed by atoms with Crippen LogP contribution >= 0.6 is 0 Å². The van der Waals surface area contributed by atoms with Crippen LogP contribution in [0.4, 0.5) is 4.79 Å². The molecule has 26 heavy (non-hydrogen) atoms. The Hall–Kier alpha value is -1.63. The summed E-state index contributed by atoms with van der Waals surface area (Å²) in [4.78, 5) is 20.7. The van der Waals surface area contributed by atoms with E-state index in [1.165, 1.54) is 12.8 Å². The molecule has 0 radical (unpaired) electrons. The third-order valence-corrected chi connectivity index (χ3v) is 5.73. The van der Waals surface area contributed by atoms with Crippen LogP contribution in [0.15, 0.2) is 4.52 Å². The number of nitrogens with two attached hydrogens (primary N) is 1. The number of piperidine rings is 1. The fourth-order valence-corrected chi connectivity index (χ4v) is 4.22. The Bertz CT molecular complexity index is 601. The van der Waals surface area contributed by atoms with Crippen LogP contribution in [-0.2, 0) is 12.0 Å². The highest BCUT2D eigenvalue weighted by atomic mass is 16.5. The normalized spacial score (nSPS) is 23.8. The van der Waals surface area contributed by atoms with Gasteiger partial charge in [0, 0.05) is 18.0 Å². The first-order valence-electron chi connectivity index (χ1n) is 9.96. The number of likely N-dealkylation sites (tertiary alicyclic amines) is 2. The van der Waals surface area contributed by atoms with Gasteiger partial charge in [-0.1, -0.05) is 38.8 Å². The van der Waals surface area contributed by atoms with Gasteiger partial charge in [0.05, 0.1) is 6.54 Å². The van der Waals surface area contributed by atoms with Crippen molar-refractivity contribution < 1.29 is 9.32 Å². The van der Waals surface area contributed by atoms with Gasteiger partial charge in [-0.15, -0.1) is 0 Å². The Balaban J connectivity index is 1.55. The summed E-state index contributed by atoms with van der Waals surface area (Å²) in [7, 11) is 0. The Morgan fingerprint density at radius 1 is 1.15 bits per heavy atom. The van der Waals surface area contributed by atoms with E-state index in [1.54, 1.807) is 0 Å². The number of nitrogens with zero attached hydrogens (tertiary/aromatic N) is 4. The number of urea groups is 1. The second kappa shape index (κ2) is 7.94. The van der Waals surface area contributed by atoms with Gasteiger partial charge in [-0.2, -0.15) is 4.98 Å². The van der Waals surface area contributed by atoms with Crippen molar-refractivity contribution in [1.82, 2.24) is 19.9 Å². The van der Waals surface area contributed by atoms with E-state index in [2.05, 4.69) is 35.8 Å². The zero-order valence-electron chi connectivity index (χ0n) is 16.4. The predicted molar refractivity (Wildman–Crippen MR) is 99.5 cm³/mol. The molecule has 0 spiro atoms. The van der Waals surface area contributed by atoms with Gasteiger partial charge in [-0.05, 0) is 44.7 Å². The number of amides is 2. The van der Waals surface area contributed by atoms with Gasteiger partial charge in [0.25, 0.3) is 0 Å². The lowest BCUT2D eigenvalue weighted by Gasteiger charge is -2.39. The zero-order chi connectivity index (χ0) is 18.7. The van der Waals surface area contributed by atoms with Crippen molar-refractivity contribution in [2.24, 2.45) is 11.7 Å². The number of aromatic nitrogens is 2. The van der Waals surface area contributed by atoms with Crippen molar-refractivity contribution in [1.29, 1.82) is 0 Å². The van der Waals surface area contributed by atoms with Crippen molar-refractivity contribution in [3.63, 3.8) is 0 Å². The third-order valence-electron chi connectivity index (χ3n) is 5.73. The Morgan fingerprint density at radius 2 is 1.88 bits per heavy atom. The standard InChI is InChI=1S/C19H33N5O2/c1-19(2,3)17-21-16(22-26-17)13-23-11-8-14(9-12-23)15-7-5-4-6-10-24(15)18(20)25/h14-15H,4-13H2,1-3H3,(H2,20,25). The Kier molecular flexibility index (Phi) is 5.85. The number of carbonyl (C=O) groups excluding carboxylic acids is 1. The second-order valence-electron chi connectivity index (χ2n) is 8.83. The van der Waals surface area contributed by atoms with Gasteiger partial charge in [-0.25, -0.2) is 4.79 Å². The highest BCUT2D eigenvalue weighted by Gasteiger charge is 2.33. The lowest BCUT2D eigenvalue weighted by Crippen LogP contribution is -2.49. The molecule has 0 saturated carbocycles. The highest BCUT2D eigenvalue weighted by molar-refractivity contribution is 5.72. The first-order chi connectivity index (χ1) is 12.3. The first-order valence-corrected chi connectivity index (χ1v) is 9.96. The molecule has 1 unspecified atom stereocenters. The SMILES string of the molecule is CC(C)(C)c1nc(CN2CCC(C3CCCCCN3C(N)=O)CC2)no1. The molecule has 2 amide bonds. The van der Waals surface area contributed by atoms with Gasteiger partial charge in [-0.3, -0.25) is 4.90 Å². The lowest BCUT2D eigenvalue weighted by molar-refractivity contribution is 0.0999. The maximum atomic E-state index is 11.9. The van der Waals surface area contributed by atoms with E-state index in [4.69, 9.17) is 10.3 Å². The van der Waals surface area contributed by atoms with Crippen LogP contribution in [0.3, 0.4) is 0 Å². The summed E-state index contributed by atoms with van der Waals surface area (Å²) in [6, 6.07) is 0.0654.